The van der Waals surface area contributed by atoms with Crippen LogP contribution in [0.2, 0.25) is 5.02 Å². The lowest BCUT2D eigenvalue weighted by molar-refractivity contribution is 0.465. The average Bonchev–Trinajstić information content (AvgIpc) is 3.12. The van der Waals surface area contributed by atoms with Gasteiger partial charge in [-0.15, -0.1) is 0 Å². The van der Waals surface area contributed by atoms with Gasteiger partial charge in [-0.1, -0.05) is 23.7 Å². The summed E-state index contributed by atoms with van der Waals surface area (Å²) in [6.07, 6.45) is 2.33. The highest BCUT2D eigenvalue weighted by atomic mass is 35.5. The van der Waals surface area contributed by atoms with Crippen LogP contribution >= 0.6 is 11.6 Å². The fraction of sp³-hybridized carbons (Fsp3) is 0.538. The quantitative estimate of drug-likeness (QED) is 0.836. The molecule has 1 aliphatic carbocycles. The lowest BCUT2D eigenvalue weighted by atomic mass is 10.2. The molecule has 0 saturated heterocycles. The highest BCUT2D eigenvalue weighted by molar-refractivity contribution is 7.89. The topological polar surface area (TPSA) is 49.4 Å². The van der Waals surface area contributed by atoms with E-state index >= 15 is 0 Å². The number of nitrogens with zero attached hydrogens (tertiary/aromatic N) is 1. The van der Waals surface area contributed by atoms with Crippen molar-refractivity contribution >= 4 is 21.6 Å². The van der Waals surface area contributed by atoms with Crippen LogP contribution in [0.25, 0.3) is 0 Å². The Hall–Kier alpha value is -0.620. The van der Waals surface area contributed by atoms with E-state index in [1.54, 1.807) is 19.2 Å². The predicted octanol–water partition coefficient (Wildman–Crippen LogP) is 1.85. The third kappa shape index (κ3) is 4.76. The maximum absolute atomic E-state index is 12.1. The van der Waals surface area contributed by atoms with Gasteiger partial charge >= 0.3 is 0 Å². The Bertz CT molecular complexity index is 529. The van der Waals surface area contributed by atoms with Crippen molar-refractivity contribution in [3.8, 4) is 0 Å². The molecule has 1 N–H and O–H groups in total. The first kappa shape index (κ1) is 14.8. The molecule has 1 fully saturated rings. The predicted molar refractivity (Wildman–Crippen MR) is 77.7 cm³/mol. The third-order valence-corrected chi connectivity index (χ3v) is 5.17. The summed E-state index contributed by atoms with van der Waals surface area (Å²) >= 11 is 5.89. The zero-order valence-corrected chi connectivity index (χ0v) is 12.5. The van der Waals surface area contributed by atoms with Crippen molar-refractivity contribution in [3.63, 3.8) is 0 Å². The smallest absolute Gasteiger partial charge is 0.215 e. The molecule has 0 unspecified atom stereocenters. The SMILES string of the molecule is CN(Cc1cccc(Cl)c1)S(=O)(=O)CCNC1CC1. The molecule has 106 valence electrons. The zero-order chi connectivity index (χ0) is 13.9. The third-order valence-electron chi connectivity index (χ3n) is 3.14. The van der Waals surface area contributed by atoms with E-state index in [0.29, 0.717) is 24.2 Å². The number of rotatable bonds is 7. The van der Waals surface area contributed by atoms with Gasteiger partial charge in [-0.2, -0.15) is 0 Å². The maximum atomic E-state index is 12.1. The van der Waals surface area contributed by atoms with Gasteiger partial charge in [0, 0.05) is 31.2 Å². The Labute approximate surface area is 119 Å². The van der Waals surface area contributed by atoms with E-state index in [1.165, 1.54) is 17.1 Å². The lowest BCUT2D eigenvalue weighted by Gasteiger charge is -2.17. The van der Waals surface area contributed by atoms with E-state index in [1.807, 2.05) is 12.1 Å². The second kappa shape index (κ2) is 6.22. The summed E-state index contributed by atoms with van der Waals surface area (Å²) in [4.78, 5) is 0. The van der Waals surface area contributed by atoms with Gasteiger partial charge in [0.15, 0.2) is 0 Å². The summed E-state index contributed by atoms with van der Waals surface area (Å²) < 4.78 is 25.5. The first-order valence-corrected chi connectivity index (χ1v) is 8.38. The molecule has 0 bridgehead atoms. The van der Waals surface area contributed by atoms with Crippen molar-refractivity contribution in [1.82, 2.24) is 9.62 Å². The molecular formula is C13H19ClN2O2S. The first-order chi connectivity index (χ1) is 8.97. The molecule has 1 saturated carbocycles. The van der Waals surface area contributed by atoms with Gasteiger partial charge in [0.25, 0.3) is 0 Å². The van der Waals surface area contributed by atoms with Crippen LogP contribution in [0.15, 0.2) is 24.3 Å². The maximum Gasteiger partial charge on any atom is 0.215 e. The minimum absolute atomic E-state index is 0.139. The molecule has 0 spiro atoms. The Kier molecular flexibility index (Phi) is 4.84. The van der Waals surface area contributed by atoms with Gasteiger partial charge in [0.2, 0.25) is 10.0 Å². The lowest BCUT2D eigenvalue weighted by Crippen LogP contribution is -2.33. The van der Waals surface area contributed by atoms with Crippen LogP contribution in [-0.4, -0.2) is 38.1 Å². The largest absolute Gasteiger partial charge is 0.313 e. The van der Waals surface area contributed by atoms with Gasteiger partial charge in [-0.3, -0.25) is 0 Å². The number of hydrogen-bond donors (Lipinski definition) is 1. The van der Waals surface area contributed by atoms with Crippen molar-refractivity contribution in [2.45, 2.75) is 25.4 Å². The second-order valence-electron chi connectivity index (χ2n) is 4.93. The molecular weight excluding hydrogens is 284 g/mol. The van der Waals surface area contributed by atoms with Crippen LogP contribution in [0.5, 0.6) is 0 Å². The highest BCUT2D eigenvalue weighted by Crippen LogP contribution is 2.18. The Balaban J connectivity index is 1.87. The standard InChI is InChI=1S/C13H19ClN2O2S/c1-16(10-11-3-2-4-12(14)9-11)19(17,18)8-7-15-13-5-6-13/h2-4,9,13,15H,5-8,10H2,1H3. The molecule has 1 aromatic rings. The number of halogens is 1. The molecule has 6 heteroatoms. The normalized spacial score (nSPS) is 15.9. The van der Waals surface area contributed by atoms with Crippen LogP contribution in [0.4, 0.5) is 0 Å². The molecule has 0 amide bonds. The van der Waals surface area contributed by atoms with Gasteiger partial charge in [-0.05, 0) is 30.5 Å². The molecule has 1 aromatic carbocycles. The van der Waals surface area contributed by atoms with E-state index < -0.39 is 10.0 Å². The summed E-state index contributed by atoms with van der Waals surface area (Å²) in [6, 6.07) is 7.80. The Morgan fingerprint density at radius 1 is 1.42 bits per heavy atom. The van der Waals surface area contributed by atoms with E-state index in [2.05, 4.69) is 5.32 Å². The van der Waals surface area contributed by atoms with Crippen LogP contribution in [0, 0.1) is 0 Å². The zero-order valence-electron chi connectivity index (χ0n) is 11.0. The number of sulfonamides is 1. The molecule has 0 aliphatic heterocycles. The van der Waals surface area contributed by atoms with Gasteiger partial charge in [0.1, 0.15) is 0 Å². The van der Waals surface area contributed by atoms with Gasteiger partial charge < -0.3 is 5.32 Å². The summed E-state index contributed by atoms with van der Waals surface area (Å²) in [7, 11) is -1.61. The molecule has 0 radical (unpaired) electrons. The fourth-order valence-electron chi connectivity index (χ4n) is 1.83. The number of nitrogens with one attached hydrogen (secondary N) is 1. The van der Waals surface area contributed by atoms with E-state index in [-0.39, 0.29) is 5.75 Å². The summed E-state index contributed by atoms with van der Waals surface area (Å²) in [5, 5.41) is 3.84. The Morgan fingerprint density at radius 3 is 2.79 bits per heavy atom. The Morgan fingerprint density at radius 2 is 2.16 bits per heavy atom. The van der Waals surface area contributed by atoms with Crippen LogP contribution < -0.4 is 5.32 Å². The van der Waals surface area contributed by atoms with Gasteiger partial charge in [-0.25, -0.2) is 12.7 Å². The molecule has 0 heterocycles. The van der Waals surface area contributed by atoms with Crippen molar-refractivity contribution in [2.75, 3.05) is 19.3 Å². The van der Waals surface area contributed by atoms with Crippen molar-refractivity contribution < 1.29 is 8.42 Å². The molecule has 4 nitrogen and oxygen atoms in total. The van der Waals surface area contributed by atoms with Crippen LogP contribution in [0.3, 0.4) is 0 Å². The van der Waals surface area contributed by atoms with Gasteiger partial charge in [0.05, 0.1) is 5.75 Å². The number of hydrogen-bond acceptors (Lipinski definition) is 3. The highest BCUT2D eigenvalue weighted by Gasteiger charge is 2.22. The minimum Gasteiger partial charge on any atom is -0.313 e. The average molecular weight is 303 g/mol. The number of benzene rings is 1. The first-order valence-electron chi connectivity index (χ1n) is 6.39. The molecule has 2 rings (SSSR count). The van der Waals surface area contributed by atoms with Crippen molar-refractivity contribution in [2.24, 2.45) is 0 Å². The van der Waals surface area contributed by atoms with E-state index in [0.717, 1.165) is 5.56 Å². The minimum atomic E-state index is -3.21. The molecule has 19 heavy (non-hydrogen) atoms. The fourth-order valence-corrected chi connectivity index (χ4v) is 3.07. The summed E-state index contributed by atoms with van der Waals surface area (Å²) in [6.45, 7) is 0.874. The van der Waals surface area contributed by atoms with Crippen LogP contribution in [-0.2, 0) is 16.6 Å². The van der Waals surface area contributed by atoms with E-state index in [9.17, 15) is 8.42 Å². The van der Waals surface area contributed by atoms with Crippen molar-refractivity contribution in [3.05, 3.63) is 34.9 Å². The molecule has 0 aromatic heterocycles. The molecule has 1 aliphatic rings. The molecule has 0 atom stereocenters. The monoisotopic (exact) mass is 302 g/mol. The summed E-state index contributed by atoms with van der Waals surface area (Å²) in [5.41, 5.74) is 0.897. The van der Waals surface area contributed by atoms with E-state index in [4.69, 9.17) is 11.6 Å². The van der Waals surface area contributed by atoms with Crippen LogP contribution in [0.1, 0.15) is 18.4 Å². The van der Waals surface area contributed by atoms with Crippen molar-refractivity contribution in [1.29, 1.82) is 0 Å². The second-order valence-corrected chi connectivity index (χ2v) is 7.56. The summed E-state index contributed by atoms with van der Waals surface area (Å²) in [5.74, 6) is 0.139.